The first kappa shape index (κ1) is 16.3. The minimum Gasteiger partial charge on any atom is -0.493 e. The number of hydrogen-bond acceptors (Lipinski definition) is 5. The van der Waals surface area contributed by atoms with Gasteiger partial charge < -0.3 is 14.8 Å². The number of halogens is 1. The minimum absolute atomic E-state index is 0.0131. The molecule has 1 heterocycles. The molecule has 0 aliphatic rings. The molecule has 4 nitrogen and oxygen atoms in total. The Morgan fingerprint density at radius 1 is 1.19 bits per heavy atom. The van der Waals surface area contributed by atoms with Crippen LogP contribution in [-0.2, 0) is 0 Å². The molecule has 0 aliphatic carbocycles. The fraction of sp³-hybridized carbons (Fsp3) is 0.400. The fourth-order valence-corrected chi connectivity index (χ4v) is 3.36. The summed E-state index contributed by atoms with van der Waals surface area (Å²) in [4.78, 5) is 4.45. The minimum atomic E-state index is 0.0131. The van der Waals surface area contributed by atoms with Crippen LogP contribution in [0, 0.1) is 0 Å². The number of aromatic nitrogens is 1. The molecule has 1 aromatic heterocycles. The average Bonchev–Trinajstić information content (AvgIpc) is 2.98. The lowest BCUT2D eigenvalue weighted by Gasteiger charge is -2.22. The molecule has 0 fully saturated rings. The number of thiazole rings is 1. The maximum atomic E-state index is 5.41. The van der Waals surface area contributed by atoms with Crippen molar-refractivity contribution in [3.63, 3.8) is 0 Å². The molecule has 114 valence electrons. The standard InChI is InChI=1S/C15H19BrN2O2S/c1-9(2)18-14(15-17-5-6-21-15)10-7-12(19-3)13(20-4)8-11(10)16/h5-9,14,18H,1-4H3. The van der Waals surface area contributed by atoms with Gasteiger partial charge in [0.15, 0.2) is 11.5 Å². The summed E-state index contributed by atoms with van der Waals surface area (Å²) in [5.41, 5.74) is 1.08. The van der Waals surface area contributed by atoms with Crippen LogP contribution in [0.2, 0.25) is 0 Å². The molecule has 0 saturated carbocycles. The Kier molecular flexibility index (Phi) is 5.61. The first-order chi connectivity index (χ1) is 10.1. The van der Waals surface area contributed by atoms with Crippen LogP contribution >= 0.6 is 27.3 Å². The van der Waals surface area contributed by atoms with E-state index in [1.165, 1.54) is 0 Å². The molecule has 2 rings (SSSR count). The second-order valence-electron chi connectivity index (χ2n) is 4.85. The van der Waals surface area contributed by atoms with Crippen molar-refractivity contribution in [2.45, 2.75) is 25.9 Å². The molecule has 0 amide bonds. The predicted octanol–water partition coefficient (Wildman–Crippen LogP) is 4.01. The first-order valence-corrected chi connectivity index (χ1v) is 8.31. The Morgan fingerprint density at radius 3 is 2.38 bits per heavy atom. The summed E-state index contributed by atoms with van der Waals surface area (Å²) in [6.07, 6.45) is 1.82. The Morgan fingerprint density at radius 2 is 1.86 bits per heavy atom. The third-order valence-corrected chi connectivity index (χ3v) is 4.54. The van der Waals surface area contributed by atoms with E-state index in [2.05, 4.69) is 40.1 Å². The van der Waals surface area contributed by atoms with Crippen LogP contribution in [0.3, 0.4) is 0 Å². The lowest BCUT2D eigenvalue weighted by atomic mass is 10.1. The number of ether oxygens (including phenoxy) is 2. The summed E-state index contributed by atoms with van der Waals surface area (Å²) in [6.45, 7) is 4.24. The van der Waals surface area contributed by atoms with Crippen LogP contribution in [0.5, 0.6) is 11.5 Å². The van der Waals surface area contributed by atoms with Crippen molar-refractivity contribution in [1.82, 2.24) is 10.3 Å². The van der Waals surface area contributed by atoms with Gasteiger partial charge in [0.1, 0.15) is 5.01 Å². The molecule has 0 radical (unpaired) electrons. The number of rotatable bonds is 6. The summed E-state index contributed by atoms with van der Waals surface area (Å²) in [7, 11) is 3.28. The Labute approximate surface area is 137 Å². The molecule has 1 atom stereocenters. The highest BCUT2D eigenvalue weighted by Gasteiger charge is 2.22. The van der Waals surface area contributed by atoms with Gasteiger partial charge in [0.25, 0.3) is 0 Å². The molecule has 1 N–H and O–H groups in total. The van der Waals surface area contributed by atoms with Gasteiger partial charge in [-0.25, -0.2) is 4.98 Å². The van der Waals surface area contributed by atoms with E-state index in [0.717, 1.165) is 15.0 Å². The zero-order valence-corrected chi connectivity index (χ0v) is 14.9. The fourth-order valence-electron chi connectivity index (χ4n) is 2.10. The van der Waals surface area contributed by atoms with E-state index in [9.17, 15) is 0 Å². The van der Waals surface area contributed by atoms with Crippen LogP contribution in [0.15, 0.2) is 28.2 Å². The Bertz CT molecular complexity index is 588. The van der Waals surface area contributed by atoms with E-state index < -0.39 is 0 Å². The van der Waals surface area contributed by atoms with Crippen molar-refractivity contribution in [2.75, 3.05) is 14.2 Å². The highest BCUT2D eigenvalue weighted by molar-refractivity contribution is 9.10. The monoisotopic (exact) mass is 370 g/mol. The van der Waals surface area contributed by atoms with Crippen LogP contribution in [0.1, 0.15) is 30.5 Å². The summed E-state index contributed by atoms with van der Waals surface area (Å²) >= 11 is 5.26. The summed E-state index contributed by atoms with van der Waals surface area (Å²) in [6, 6.07) is 4.26. The van der Waals surface area contributed by atoms with Gasteiger partial charge in [-0.1, -0.05) is 15.9 Å². The van der Waals surface area contributed by atoms with Crippen molar-refractivity contribution in [3.05, 3.63) is 38.8 Å². The highest BCUT2D eigenvalue weighted by atomic mass is 79.9. The van der Waals surface area contributed by atoms with Gasteiger partial charge in [-0.05, 0) is 31.5 Å². The molecule has 6 heteroatoms. The predicted molar refractivity (Wildman–Crippen MR) is 89.5 cm³/mol. The van der Waals surface area contributed by atoms with Gasteiger partial charge in [-0.15, -0.1) is 11.3 Å². The summed E-state index contributed by atoms with van der Waals surface area (Å²) in [5.74, 6) is 1.42. The molecule has 0 bridgehead atoms. The van der Waals surface area contributed by atoms with Crippen LogP contribution in [0.4, 0.5) is 0 Å². The van der Waals surface area contributed by atoms with Gasteiger partial charge >= 0.3 is 0 Å². The second-order valence-corrected chi connectivity index (χ2v) is 6.63. The van der Waals surface area contributed by atoms with E-state index in [1.807, 2.05) is 23.7 Å². The SMILES string of the molecule is COc1cc(Br)c(C(NC(C)C)c2nccs2)cc1OC. The molecule has 1 unspecified atom stereocenters. The first-order valence-electron chi connectivity index (χ1n) is 6.63. The molecule has 0 spiro atoms. The summed E-state index contributed by atoms with van der Waals surface area (Å²) in [5, 5.41) is 6.56. The van der Waals surface area contributed by atoms with E-state index in [1.54, 1.807) is 25.6 Å². The zero-order chi connectivity index (χ0) is 15.4. The largest absolute Gasteiger partial charge is 0.493 e. The Balaban J connectivity index is 2.49. The van der Waals surface area contributed by atoms with Crippen molar-refractivity contribution in [1.29, 1.82) is 0 Å². The highest BCUT2D eigenvalue weighted by Crippen LogP contribution is 2.38. The quantitative estimate of drug-likeness (QED) is 0.833. The smallest absolute Gasteiger partial charge is 0.161 e. The van der Waals surface area contributed by atoms with Crippen LogP contribution in [0.25, 0.3) is 0 Å². The summed E-state index contributed by atoms with van der Waals surface area (Å²) < 4.78 is 11.7. The lowest BCUT2D eigenvalue weighted by Crippen LogP contribution is -2.29. The number of hydrogen-bond donors (Lipinski definition) is 1. The topological polar surface area (TPSA) is 43.4 Å². The van der Waals surface area contributed by atoms with Crippen molar-refractivity contribution in [3.8, 4) is 11.5 Å². The van der Waals surface area contributed by atoms with Crippen LogP contribution in [-0.4, -0.2) is 25.2 Å². The van der Waals surface area contributed by atoms with Crippen LogP contribution < -0.4 is 14.8 Å². The molecule has 0 saturated heterocycles. The molecule has 2 aromatic rings. The van der Waals surface area contributed by atoms with Gasteiger partial charge in [0, 0.05) is 22.1 Å². The maximum absolute atomic E-state index is 5.41. The number of benzene rings is 1. The van der Waals surface area contributed by atoms with Crippen molar-refractivity contribution < 1.29 is 9.47 Å². The molecular formula is C15H19BrN2O2S. The number of nitrogens with zero attached hydrogens (tertiary/aromatic N) is 1. The average molecular weight is 371 g/mol. The number of nitrogens with one attached hydrogen (secondary N) is 1. The van der Waals surface area contributed by atoms with Gasteiger partial charge in [-0.2, -0.15) is 0 Å². The Hall–Kier alpha value is -1.11. The molecular weight excluding hydrogens is 352 g/mol. The third-order valence-electron chi connectivity index (χ3n) is 3.01. The normalized spacial score (nSPS) is 12.5. The molecule has 21 heavy (non-hydrogen) atoms. The number of methoxy groups -OCH3 is 2. The molecule has 1 aromatic carbocycles. The second kappa shape index (κ2) is 7.24. The maximum Gasteiger partial charge on any atom is 0.161 e. The van der Waals surface area contributed by atoms with Gasteiger partial charge in [-0.3, -0.25) is 0 Å². The van der Waals surface area contributed by atoms with Crippen molar-refractivity contribution >= 4 is 27.3 Å². The van der Waals surface area contributed by atoms with E-state index in [4.69, 9.17) is 9.47 Å². The van der Waals surface area contributed by atoms with E-state index >= 15 is 0 Å². The zero-order valence-electron chi connectivity index (χ0n) is 12.5. The van der Waals surface area contributed by atoms with Crippen molar-refractivity contribution in [2.24, 2.45) is 0 Å². The van der Waals surface area contributed by atoms with E-state index in [0.29, 0.717) is 17.5 Å². The van der Waals surface area contributed by atoms with Gasteiger partial charge in [0.2, 0.25) is 0 Å². The third kappa shape index (κ3) is 3.75. The van der Waals surface area contributed by atoms with Gasteiger partial charge in [0.05, 0.1) is 20.3 Å². The lowest BCUT2D eigenvalue weighted by molar-refractivity contribution is 0.353. The molecule has 0 aliphatic heterocycles. The van der Waals surface area contributed by atoms with E-state index in [-0.39, 0.29) is 6.04 Å².